The van der Waals surface area contributed by atoms with E-state index in [-0.39, 0.29) is 5.91 Å². The Hall–Kier alpha value is 0.200. The van der Waals surface area contributed by atoms with Gasteiger partial charge in [0.15, 0.2) is 0 Å². The van der Waals surface area contributed by atoms with E-state index in [1.807, 2.05) is 0 Å². The Morgan fingerprint density at radius 1 is 1.60 bits per heavy atom. The van der Waals surface area contributed by atoms with Crippen molar-refractivity contribution >= 4 is 28.5 Å². The normalized spacial score (nSPS) is 9.40. The molecule has 0 saturated heterocycles. The van der Waals surface area contributed by atoms with Crippen molar-refractivity contribution in [1.82, 2.24) is 5.32 Å². The van der Waals surface area contributed by atoms with Crippen LogP contribution >= 0.6 is 22.6 Å². The van der Waals surface area contributed by atoms with Crippen molar-refractivity contribution in [2.45, 2.75) is 26.2 Å². The lowest BCUT2D eigenvalue weighted by Gasteiger charge is -2.00. The lowest BCUT2D eigenvalue weighted by atomic mass is 10.2. The Morgan fingerprint density at radius 3 is 2.80 bits per heavy atom. The molecule has 60 valence electrons. The van der Waals surface area contributed by atoms with Crippen molar-refractivity contribution in [3.8, 4) is 0 Å². The van der Waals surface area contributed by atoms with Crippen LogP contribution < -0.4 is 5.32 Å². The van der Waals surface area contributed by atoms with E-state index in [9.17, 15) is 4.79 Å². The lowest BCUT2D eigenvalue weighted by molar-refractivity contribution is -0.121. The van der Waals surface area contributed by atoms with Crippen molar-refractivity contribution in [3.63, 3.8) is 0 Å². The summed E-state index contributed by atoms with van der Waals surface area (Å²) in [6.45, 7) is 2.90. The molecule has 1 amide bonds. The highest BCUT2D eigenvalue weighted by Crippen LogP contribution is 1.92. The summed E-state index contributed by atoms with van der Waals surface area (Å²) in [5.74, 6) is 0.193. The monoisotopic (exact) mass is 255 g/mol. The standard InChI is InChI=1S/C7H14INO/c1-2-3-4-7(10)9-6-5-8/h2-6H2,1H3,(H,9,10). The predicted molar refractivity (Wildman–Crippen MR) is 51.4 cm³/mol. The molecule has 0 aliphatic carbocycles. The van der Waals surface area contributed by atoms with Gasteiger partial charge in [0.25, 0.3) is 0 Å². The molecular formula is C7H14INO. The van der Waals surface area contributed by atoms with Gasteiger partial charge in [-0.25, -0.2) is 0 Å². The van der Waals surface area contributed by atoms with Crippen LogP contribution in [0.15, 0.2) is 0 Å². The maximum absolute atomic E-state index is 10.8. The van der Waals surface area contributed by atoms with Crippen LogP contribution in [0.25, 0.3) is 0 Å². The van der Waals surface area contributed by atoms with Crippen LogP contribution in [0.1, 0.15) is 26.2 Å². The molecule has 10 heavy (non-hydrogen) atoms. The zero-order chi connectivity index (χ0) is 7.82. The minimum Gasteiger partial charge on any atom is -0.355 e. The number of hydrogen-bond donors (Lipinski definition) is 1. The SMILES string of the molecule is CCCCC(=O)NCCI. The molecule has 0 bridgehead atoms. The maximum atomic E-state index is 10.8. The molecule has 0 unspecified atom stereocenters. The second kappa shape index (κ2) is 7.31. The number of alkyl halides is 1. The van der Waals surface area contributed by atoms with Crippen LogP contribution in [-0.4, -0.2) is 16.9 Å². The summed E-state index contributed by atoms with van der Waals surface area (Å²) in [6.07, 6.45) is 2.79. The van der Waals surface area contributed by atoms with Crippen molar-refractivity contribution in [3.05, 3.63) is 0 Å². The van der Waals surface area contributed by atoms with E-state index in [0.717, 1.165) is 23.8 Å². The third-order valence-corrected chi connectivity index (χ3v) is 1.71. The van der Waals surface area contributed by atoms with Gasteiger partial charge in [-0.05, 0) is 6.42 Å². The molecule has 0 heterocycles. The Morgan fingerprint density at radius 2 is 2.30 bits per heavy atom. The van der Waals surface area contributed by atoms with Gasteiger partial charge in [-0.3, -0.25) is 4.79 Å². The number of amides is 1. The fourth-order valence-corrected chi connectivity index (χ4v) is 0.882. The van der Waals surface area contributed by atoms with Gasteiger partial charge in [0, 0.05) is 17.4 Å². The molecule has 0 atom stereocenters. The van der Waals surface area contributed by atoms with Crippen LogP contribution in [0.3, 0.4) is 0 Å². The lowest BCUT2D eigenvalue weighted by Crippen LogP contribution is -2.24. The second-order valence-electron chi connectivity index (χ2n) is 2.14. The molecule has 0 aromatic rings. The molecule has 0 fully saturated rings. The molecule has 3 heteroatoms. The van der Waals surface area contributed by atoms with Crippen molar-refractivity contribution in [2.24, 2.45) is 0 Å². The van der Waals surface area contributed by atoms with Crippen LogP contribution in [0, 0.1) is 0 Å². The van der Waals surface area contributed by atoms with Gasteiger partial charge in [0.05, 0.1) is 0 Å². The minimum atomic E-state index is 0.193. The van der Waals surface area contributed by atoms with Gasteiger partial charge in [-0.15, -0.1) is 0 Å². The first kappa shape index (κ1) is 10.2. The van der Waals surface area contributed by atoms with E-state index in [2.05, 4.69) is 34.8 Å². The number of halogens is 1. The average molecular weight is 255 g/mol. The first-order valence-corrected chi connectivity index (χ1v) is 5.16. The summed E-state index contributed by atoms with van der Waals surface area (Å²) in [6, 6.07) is 0. The highest BCUT2D eigenvalue weighted by Gasteiger charge is 1.96. The Bertz CT molecular complexity index is 85.6. The molecule has 2 nitrogen and oxygen atoms in total. The Kier molecular flexibility index (Phi) is 7.45. The summed E-state index contributed by atoms with van der Waals surface area (Å²) in [4.78, 5) is 10.8. The molecule has 0 aromatic carbocycles. The van der Waals surface area contributed by atoms with Crippen LogP contribution in [0.5, 0.6) is 0 Å². The van der Waals surface area contributed by atoms with Gasteiger partial charge >= 0.3 is 0 Å². The zero-order valence-electron chi connectivity index (χ0n) is 6.32. The van der Waals surface area contributed by atoms with Crippen molar-refractivity contribution < 1.29 is 4.79 Å². The summed E-state index contributed by atoms with van der Waals surface area (Å²) < 4.78 is 0.996. The summed E-state index contributed by atoms with van der Waals surface area (Å²) >= 11 is 2.24. The number of unbranched alkanes of at least 4 members (excludes halogenated alkanes) is 1. The summed E-state index contributed by atoms with van der Waals surface area (Å²) in [5, 5.41) is 2.82. The highest BCUT2D eigenvalue weighted by atomic mass is 127. The number of rotatable bonds is 5. The topological polar surface area (TPSA) is 29.1 Å². The van der Waals surface area contributed by atoms with Crippen molar-refractivity contribution in [2.75, 3.05) is 11.0 Å². The third-order valence-electron chi connectivity index (χ3n) is 1.17. The van der Waals surface area contributed by atoms with Gasteiger partial charge in [0.1, 0.15) is 0 Å². The molecule has 0 saturated carbocycles. The molecule has 1 N–H and O–H groups in total. The number of nitrogens with one attached hydrogen (secondary N) is 1. The maximum Gasteiger partial charge on any atom is 0.220 e. The first-order chi connectivity index (χ1) is 4.81. The van der Waals surface area contributed by atoms with E-state index in [1.165, 1.54) is 0 Å². The van der Waals surface area contributed by atoms with Gasteiger partial charge in [0.2, 0.25) is 5.91 Å². The fraction of sp³-hybridized carbons (Fsp3) is 0.857. The van der Waals surface area contributed by atoms with Gasteiger partial charge in [-0.1, -0.05) is 35.9 Å². The number of carbonyl (C=O) groups excluding carboxylic acids is 1. The van der Waals surface area contributed by atoms with E-state index in [0.29, 0.717) is 6.42 Å². The molecule has 0 aromatic heterocycles. The zero-order valence-corrected chi connectivity index (χ0v) is 8.48. The van der Waals surface area contributed by atoms with Crippen LogP contribution in [0.2, 0.25) is 0 Å². The molecule has 0 spiro atoms. The smallest absolute Gasteiger partial charge is 0.220 e. The van der Waals surface area contributed by atoms with E-state index >= 15 is 0 Å². The molecule has 0 radical (unpaired) electrons. The van der Waals surface area contributed by atoms with Gasteiger partial charge < -0.3 is 5.32 Å². The molecular weight excluding hydrogens is 241 g/mol. The van der Waals surface area contributed by atoms with E-state index in [4.69, 9.17) is 0 Å². The highest BCUT2D eigenvalue weighted by molar-refractivity contribution is 14.1. The minimum absolute atomic E-state index is 0.193. The second-order valence-corrected chi connectivity index (χ2v) is 3.22. The fourth-order valence-electron chi connectivity index (χ4n) is 0.612. The predicted octanol–water partition coefficient (Wildman–Crippen LogP) is 1.73. The quantitative estimate of drug-likeness (QED) is 0.588. The number of hydrogen-bond acceptors (Lipinski definition) is 1. The first-order valence-electron chi connectivity index (χ1n) is 3.64. The van der Waals surface area contributed by atoms with Gasteiger partial charge in [-0.2, -0.15) is 0 Å². The molecule has 0 aliphatic heterocycles. The van der Waals surface area contributed by atoms with E-state index in [1.54, 1.807) is 0 Å². The average Bonchev–Trinajstić information content (AvgIpc) is 1.97. The van der Waals surface area contributed by atoms with Crippen LogP contribution in [0.4, 0.5) is 0 Å². The largest absolute Gasteiger partial charge is 0.355 e. The number of carbonyl (C=O) groups is 1. The molecule has 0 aliphatic rings. The summed E-state index contributed by atoms with van der Waals surface area (Å²) in [7, 11) is 0. The summed E-state index contributed by atoms with van der Waals surface area (Å²) in [5.41, 5.74) is 0. The Balaban J connectivity index is 3.09. The Labute approximate surface area is 75.9 Å². The third kappa shape index (κ3) is 6.32. The van der Waals surface area contributed by atoms with E-state index < -0.39 is 0 Å². The molecule has 0 rings (SSSR count). The van der Waals surface area contributed by atoms with Crippen LogP contribution in [-0.2, 0) is 4.79 Å². The van der Waals surface area contributed by atoms with Crippen molar-refractivity contribution in [1.29, 1.82) is 0 Å².